The lowest BCUT2D eigenvalue weighted by Gasteiger charge is -2.37. The predicted molar refractivity (Wildman–Crippen MR) is 140 cm³/mol. The monoisotopic (exact) mass is 450 g/mol. The van der Waals surface area contributed by atoms with Crippen molar-refractivity contribution in [2.24, 2.45) is 10.9 Å². The van der Waals surface area contributed by atoms with Gasteiger partial charge in [0.1, 0.15) is 6.61 Å². The Bertz CT molecular complexity index is 1240. The highest BCUT2D eigenvalue weighted by molar-refractivity contribution is 5.83. The fraction of sp³-hybridized carbons (Fsp3) is 0.233. The zero-order valence-electron chi connectivity index (χ0n) is 19.7. The van der Waals surface area contributed by atoms with Crippen LogP contribution in [-0.4, -0.2) is 19.9 Å². The molecule has 0 spiro atoms. The predicted octanol–water partition coefficient (Wildman–Crippen LogP) is 7.15. The Kier molecular flexibility index (Phi) is 6.22. The summed E-state index contributed by atoms with van der Waals surface area (Å²) in [6, 6.07) is 21.4. The van der Waals surface area contributed by atoms with Crippen LogP contribution >= 0.6 is 0 Å². The summed E-state index contributed by atoms with van der Waals surface area (Å²) in [5.74, 6) is 2.39. The van der Waals surface area contributed by atoms with Gasteiger partial charge in [-0.25, -0.2) is 0 Å². The molecule has 2 aliphatic rings. The molecule has 0 aromatic heterocycles. The summed E-state index contributed by atoms with van der Waals surface area (Å²) >= 11 is 0. The standard InChI is InChI=1S/C30H30N2O2/c1-4-16-34-28-15-9-21(18-29(28)33-3)19-31-23-12-10-22(11-13-23)30-25-7-5-6-24(25)26-17-20(2)8-14-27(26)32-30/h4-6,8-15,17-19,24-25,30,32H,1,7,16H2,2-3H3/t24-,25+,30-/m0/s1. The van der Waals surface area contributed by atoms with Crippen molar-refractivity contribution >= 4 is 17.6 Å². The molecule has 172 valence electrons. The average Bonchev–Trinajstić information content (AvgIpc) is 3.37. The van der Waals surface area contributed by atoms with E-state index >= 15 is 0 Å². The summed E-state index contributed by atoms with van der Waals surface area (Å²) in [5.41, 5.74) is 7.16. The summed E-state index contributed by atoms with van der Waals surface area (Å²) in [6.07, 6.45) is 9.39. The SMILES string of the molecule is C=CCOc1ccc(C=Nc2ccc([C@@H]3Nc4ccc(C)cc4[C@H]4C=CC[C@H]43)cc2)cc1OC. The normalized spacial score (nSPS) is 20.5. The van der Waals surface area contributed by atoms with Gasteiger partial charge >= 0.3 is 0 Å². The molecule has 4 heteroatoms. The van der Waals surface area contributed by atoms with E-state index in [-0.39, 0.29) is 0 Å². The lowest BCUT2D eigenvalue weighted by Crippen LogP contribution is -2.29. The van der Waals surface area contributed by atoms with Crippen LogP contribution in [0.3, 0.4) is 0 Å². The van der Waals surface area contributed by atoms with Crippen molar-refractivity contribution in [3.05, 3.63) is 108 Å². The smallest absolute Gasteiger partial charge is 0.161 e. The fourth-order valence-electron chi connectivity index (χ4n) is 4.99. The molecule has 3 aromatic rings. The van der Waals surface area contributed by atoms with E-state index in [2.05, 4.69) is 78.4 Å². The molecule has 3 atom stereocenters. The maximum Gasteiger partial charge on any atom is 0.161 e. The first-order valence-corrected chi connectivity index (χ1v) is 11.8. The van der Waals surface area contributed by atoms with E-state index in [1.807, 2.05) is 24.4 Å². The van der Waals surface area contributed by atoms with Gasteiger partial charge in [0.2, 0.25) is 0 Å². The lowest BCUT2D eigenvalue weighted by molar-refractivity contribution is 0.326. The minimum absolute atomic E-state index is 0.292. The first-order valence-electron chi connectivity index (χ1n) is 11.8. The minimum atomic E-state index is 0.292. The van der Waals surface area contributed by atoms with Gasteiger partial charge in [0.25, 0.3) is 0 Å². The number of anilines is 1. The van der Waals surface area contributed by atoms with Gasteiger partial charge in [0.15, 0.2) is 11.5 Å². The first-order chi connectivity index (χ1) is 16.7. The van der Waals surface area contributed by atoms with Crippen LogP contribution in [0.25, 0.3) is 0 Å². The van der Waals surface area contributed by atoms with Crippen molar-refractivity contribution in [2.75, 3.05) is 19.0 Å². The molecule has 0 saturated carbocycles. The molecule has 3 aromatic carbocycles. The second-order valence-corrected chi connectivity index (χ2v) is 8.93. The maximum atomic E-state index is 5.63. The first kappa shape index (κ1) is 22.0. The van der Waals surface area contributed by atoms with E-state index < -0.39 is 0 Å². The minimum Gasteiger partial charge on any atom is -0.493 e. The summed E-state index contributed by atoms with van der Waals surface area (Å²) in [4.78, 5) is 4.67. The molecular formula is C30H30N2O2. The van der Waals surface area contributed by atoms with Crippen LogP contribution in [0.5, 0.6) is 11.5 Å². The van der Waals surface area contributed by atoms with Gasteiger partial charge in [0, 0.05) is 17.8 Å². The summed E-state index contributed by atoms with van der Waals surface area (Å²) < 4.78 is 11.1. The van der Waals surface area contributed by atoms with Crippen molar-refractivity contribution in [3.8, 4) is 11.5 Å². The molecule has 4 nitrogen and oxygen atoms in total. The van der Waals surface area contributed by atoms with Crippen LogP contribution < -0.4 is 14.8 Å². The van der Waals surface area contributed by atoms with Crippen molar-refractivity contribution < 1.29 is 9.47 Å². The summed E-state index contributed by atoms with van der Waals surface area (Å²) in [5, 5.41) is 3.81. The number of nitrogens with one attached hydrogen (secondary N) is 1. The quantitative estimate of drug-likeness (QED) is 0.307. The number of ether oxygens (including phenoxy) is 2. The number of fused-ring (bicyclic) bond motifs is 3. The third-order valence-electron chi connectivity index (χ3n) is 6.68. The number of aliphatic imine (C=N–C) groups is 1. The largest absolute Gasteiger partial charge is 0.493 e. The van der Waals surface area contributed by atoms with Crippen LogP contribution in [0.4, 0.5) is 11.4 Å². The topological polar surface area (TPSA) is 42.8 Å². The van der Waals surface area contributed by atoms with Crippen LogP contribution in [0.15, 0.2) is 90.5 Å². The third-order valence-corrected chi connectivity index (χ3v) is 6.68. The van der Waals surface area contributed by atoms with Gasteiger partial charge in [-0.15, -0.1) is 0 Å². The van der Waals surface area contributed by atoms with E-state index in [4.69, 9.17) is 9.47 Å². The van der Waals surface area contributed by atoms with Crippen LogP contribution in [-0.2, 0) is 0 Å². The van der Waals surface area contributed by atoms with Gasteiger partial charge in [-0.05, 0) is 72.4 Å². The van der Waals surface area contributed by atoms with Gasteiger partial charge in [-0.1, -0.05) is 54.6 Å². The number of hydrogen-bond acceptors (Lipinski definition) is 4. The van der Waals surface area contributed by atoms with Gasteiger partial charge in [0.05, 0.1) is 18.8 Å². The number of aryl methyl sites for hydroxylation is 1. The van der Waals surface area contributed by atoms with Crippen LogP contribution in [0.1, 0.15) is 40.6 Å². The molecule has 0 unspecified atom stereocenters. The number of allylic oxidation sites excluding steroid dienone is 2. The Morgan fingerprint density at radius 3 is 2.71 bits per heavy atom. The van der Waals surface area contributed by atoms with Crippen molar-refractivity contribution in [2.45, 2.75) is 25.3 Å². The molecule has 0 fully saturated rings. The molecule has 34 heavy (non-hydrogen) atoms. The van der Waals surface area contributed by atoms with Crippen molar-refractivity contribution in [1.29, 1.82) is 0 Å². The molecule has 0 radical (unpaired) electrons. The molecule has 1 heterocycles. The zero-order chi connectivity index (χ0) is 23.5. The molecule has 0 bridgehead atoms. The molecule has 0 amide bonds. The molecule has 0 saturated heterocycles. The molecule has 1 aliphatic heterocycles. The second kappa shape index (κ2) is 9.60. The highest BCUT2D eigenvalue weighted by Gasteiger charge is 2.37. The van der Waals surface area contributed by atoms with E-state index in [1.54, 1.807) is 13.2 Å². The maximum absolute atomic E-state index is 5.63. The van der Waals surface area contributed by atoms with E-state index in [9.17, 15) is 0 Å². The number of nitrogens with zero attached hydrogens (tertiary/aromatic N) is 1. The van der Waals surface area contributed by atoms with Gasteiger partial charge < -0.3 is 14.8 Å². The Balaban J connectivity index is 1.33. The third kappa shape index (κ3) is 4.36. The molecule has 5 rings (SSSR count). The van der Waals surface area contributed by atoms with Crippen LogP contribution in [0.2, 0.25) is 0 Å². The Hall–Kier alpha value is -3.79. The molecular weight excluding hydrogens is 420 g/mol. The average molecular weight is 451 g/mol. The van der Waals surface area contributed by atoms with E-state index in [1.165, 1.54) is 22.4 Å². The highest BCUT2D eigenvalue weighted by atomic mass is 16.5. The van der Waals surface area contributed by atoms with Gasteiger partial charge in [-0.3, -0.25) is 4.99 Å². The fourth-order valence-corrected chi connectivity index (χ4v) is 4.99. The summed E-state index contributed by atoms with van der Waals surface area (Å²) in [6.45, 7) is 6.29. The Labute approximate surface area is 201 Å². The van der Waals surface area contributed by atoms with Crippen molar-refractivity contribution in [3.63, 3.8) is 0 Å². The van der Waals surface area contributed by atoms with E-state index in [0.717, 1.165) is 17.7 Å². The number of rotatable bonds is 7. The second-order valence-electron chi connectivity index (χ2n) is 8.93. The Morgan fingerprint density at radius 1 is 1.06 bits per heavy atom. The number of benzene rings is 3. The van der Waals surface area contributed by atoms with Crippen LogP contribution in [0, 0.1) is 12.8 Å². The summed E-state index contributed by atoms with van der Waals surface area (Å²) in [7, 11) is 1.64. The molecule has 1 N–H and O–H groups in total. The van der Waals surface area contributed by atoms with E-state index in [0.29, 0.717) is 36.0 Å². The highest BCUT2D eigenvalue weighted by Crippen LogP contribution is 2.50. The Morgan fingerprint density at radius 2 is 1.91 bits per heavy atom. The number of hydrogen-bond donors (Lipinski definition) is 1. The molecule has 1 aliphatic carbocycles. The zero-order valence-corrected chi connectivity index (χ0v) is 19.7. The van der Waals surface area contributed by atoms with Crippen molar-refractivity contribution in [1.82, 2.24) is 0 Å². The number of methoxy groups -OCH3 is 1. The van der Waals surface area contributed by atoms with Gasteiger partial charge in [-0.2, -0.15) is 0 Å². The lowest BCUT2D eigenvalue weighted by atomic mass is 9.76.